The van der Waals surface area contributed by atoms with Crippen LogP contribution in [0.5, 0.6) is 0 Å². The van der Waals surface area contributed by atoms with E-state index in [1.807, 2.05) is 0 Å². The van der Waals surface area contributed by atoms with Crippen molar-refractivity contribution in [3.8, 4) is 0 Å². The summed E-state index contributed by atoms with van der Waals surface area (Å²) in [5.41, 5.74) is 0. The third kappa shape index (κ3) is 12.0. The second-order valence-corrected chi connectivity index (χ2v) is 7.00. The standard InChI is InChI=1S/C20H32N4O6/c25-17(26)9-5-13-21-11-3-1-7-15-19(29)24-16(20(30)23-15)8-2-4-12-22-14-6-10-18(27)28/h5-6,9-10,15-16,21-22H,1-4,7-8,11-14H2,(H,23,30)(H,24,29)(H,25,26)(H,27,28)/b9-5+,10-6?. The van der Waals surface area contributed by atoms with E-state index in [9.17, 15) is 19.2 Å². The maximum Gasteiger partial charge on any atom is 0.328 e. The van der Waals surface area contributed by atoms with Gasteiger partial charge in [0.05, 0.1) is 0 Å². The molecule has 10 heteroatoms. The maximum absolute atomic E-state index is 12.2. The summed E-state index contributed by atoms with van der Waals surface area (Å²) < 4.78 is 0. The van der Waals surface area contributed by atoms with Crippen molar-refractivity contribution < 1.29 is 29.4 Å². The molecule has 30 heavy (non-hydrogen) atoms. The van der Waals surface area contributed by atoms with E-state index in [0.29, 0.717) is 39.0 Å². The number of hydrogen-bond donors (Lipinski definition) is 6. The molecule has 2 amide bonds. The first-order valence-electron chi connectivity index (χ1n) is 10.2. The molecular weight excluding hydrogens is 392 g/mol. The van der Waals surface area contributed by atoms with E-state index >= 15 is 0 Å². The zero-order valence-corrected chi connectivity index (χ0v) is 17.1. The van der Waals surface area contributed by atoms with Gasteiger partial charge in [-0.15, -0.1) is 0 Å². The van der Waals surface area contributed by atoms with Gasteiger partial charge in [-0.25, -0.2) is 9.59 Å². The Labute approximate surface area is 176 Å². The Morgan fingerprint density at radius 2 is 1.17 bits per heavy atom. The number of amides is 2. The number of carboxylic acids is 2. The molecule has 2 atom stereocenters. The van der Waals surface area contributed by atoms with Crippen LogP contribution in [0.1, 0.15) is 38.5 Å². The molecule has 6 N–H and O–H groups in total. The van der Waals surface area contributed by atoms with Gasteiger partial charge in [0.2, 0.25) is 11.8 Å². The van der Waals surface area contributed by atoms with E-state index in [1.54, 1.807) is 0 Å². The number of carboxylic acid groups (broad SMARTS) is 2. The van der Waals surface area contributed by atoms with Crippen LogP contribution in [0.4, 0.5) is 0 Å². The SMILES string of the molecule is O=C(O)C=CCNCCCCC1NC(=O)C(CCCCNC/C=C/C(=O)O)NC1=O. The molecule has 0 aromatic carbocycles. The van der Waals surface area contributed by atoms with Crippen LogP contribution in [0.15, 0.2) is 24.3 Å². The fraction of sp³-hybridized carbons (Fsp3) is 0.600. The quantitative estimate of drug-likeness (QED) is 0.147. The Hall–Kier alpha value is -2.72. The minimum Gasteiger partial charge on any atom is -0.478 e. The van der Waals surface area contributed by atoms with Gasteiger partial charge in [0.15, 0.2) is 0 Å². The number of rotatable bonds is 16. The molecule has 0 aliphatic carbocycles. The summed E-state index contributed by atoms with van der Waals surface area (Å²) in [7, 11) is 0. The number of unbranched alkanes of at least 4 members (excludes halogenated alkanes) is 2. The zero-order valence-electron chi connectivity index (χ0n) is 17.1. The van der Waals surface area contributed by atoms with E-state index in [0.717, 1.165) is 37.8 Å². The number of aliphatic carboxylic acids is 2. The normalized spacial score (nSPS) is 19.2. The summed E-state index contributed by atoms with van der Waals surface area (Å²) in [5, 5.41) is 28.7. The van der Waals surface area contributed by atoms with Crippen LogP contribution in [0.3, 0.4) is 0 Å². The van der Waals surface area contributed by atoms with Crippen LogP contribution >= 0.6 is 0 Å². The largest absolute Gasteiger partial charge is 0.478 e. The molecule has 0 saturated carbocycles. The highest BCUT2D eigenvalue weighted by Gasteiger charge is 2.32. The zero-order chi connectivity index (χ0) is 22.2. The minimum atomic E-state index is -0.976. The molecule has 1 aliphatic heterocycles. The van der Waals surface area contributed by atoms with E-state index in [2.05, 4.69) is 21.3 Å². The number of nitrogens with one attached hydrogen (secondary N) is 4. The first-order valence-corrected chi connectivity index (χ1v) is 10.2. The lowest BCUT2D eigenvalue weighted by molar-refractivity contribution is -0.137. The van der Waals surface area contributed by atoms with Gasteiger partial charge in [0.25, 0.3) is 0 Å². The van der Waals surface area contributed by atoms with Crippen LogP contribution < -0.4 is 21.3 Å². The molecule has 168 valence electrons. The van der Waals surface area contributed by atoms with E-state index in [-0.39, 0.29) is 11.8 Å². The number of carbonyl (C=O) groups is 4. The number of piperazine rings is 1. The Kier molecular flexibility index (Phi) is 12.8. The Morgan fingerprint density at radius 1 is 0.767 bits per heavy atom. The third-order valence-corrected chi connectivity index (χ3v) is 4.50. The summed E-state index contributed by atoms with van der Waals surface area (Å²) in [6, 6.07) is -1.02. The minimum absolute atomic E-state index is 0.158. The first kappa shape index (κ1) is 25.3. The van der Waals surface area contributed by atoms with Crippen molar-refractivity contribution in [2.45, 2.75) is 50.6 Å². The Bertz CT molecular complexity index is 581. The van der Waals surface area contributed by atoms with Crippen LogP contribution in [0.25, 0.3) is 0 Å². The number of carbonyl (C=O) groups excluding carboxylic acids is 2. The molecule has 0 radical (unpaired) electrons. The molecule has 0 bridgehead atoms. The molecule has 2 unspecified atom stereocenters. The van der Waals surface area contributed by atoms with Crippen molar-refractivity contribution >= 4 is 23.8 Å². The van der Waals surface area contributed by atoms with Gasteiger partial charge in [0, 0.05) is 25.2 Å². The monoisotopic (exact) mass is 424 g/mol. The predicted molar refractivity (Wildman–Crippen MR) is 111 cm³/mol. The second-order valence-electron chi connectivity index (χ2n) is 7.00. The fourth-order valence-electron chi connectivity index (χ4n) is 2.97. The van der Waals surface area contributed by atoms with Crippen molar-refractivity contribution in [2.24, 2.45) is 0 Å². The van der Waals surface area contributed by atoms with Gasteiger partial charge < -0.3 is 31.5 Å². The molecule has 1 saturated heterocycles. The fourth-order valence-corrected chi connectivity index (χ4v) is 2.97. The molecule has 10 nitrogen and oxygen atoms in total. The smallest absolute Gasteiger partial charge is 0.328 e. The highest BCUT2D eigenvalue weighted by atomic mass is 16.4. The van der Waals surface area contributed by atoms with Crippen LogP contribution in [-0.2, 0) is 19.2 Å². The molecule has 0 aromatic heterocycles. The van der Waals surface area contributed by atoms with Crippen molar-refractivity contribution in [2.75, 3.05) is 26.2 Å². The highest BCUT2D eigenvalue weighted by Crippen LogP contribution is 2.10. The van der Waals surface area contributed by atoms with Gasteiger partial charge in [0.1, 0.15) is 12.1 Å². The van der Waals surface area contributed by atoms with E-state index in [1.165, 1.54) is 12.2 Å². The van der Waals surface area contributed by atoms with E-state index in [4.69, 9.17) is 10.2 Å². The van der Waals surface area contributed by atoms with Crippen molar-refractivity contribution in [3.05, 3.63) is 24.3 Å². The lowest BCUT2D eigenvalue weighted by Gasteiger charge is -2.29. The summed E-state index contributed by atoms with van der Waals surface area (Å²) >= 11 is 0. The van der Waals surface area contributed by atoms with Gasteiger partial charge in [-0.1, -0.05) is 12.2 Å². The van der Waals surface area contributed by atoms with Gasteiger partial charge >= 0.3 is 11.9 Å². The Balaban J connectivity index is 2.11. The third-order valence-electron chi connectivity index (χ3n) is 4.50. The van der Waals surface area contributed by atoms with Crippen LogP contribution in [-0.4, -0.2) is 72.2 Å². The highest BCUT2D eigenvalue weighted by molar-refractivity contribution is 5.96. The number of hydrogen-bond acceptors (Lipinski definition) is 6. The molecule has 1 fully saturated rings. The lowest BCUT2D eigenvalue weighted by Crippen LogP contribution is -2.61. The van der Waals surface area contributed by atoms with Gasteiger partial charge in [-0.05, 0) is 51.6 Å². The van der Waals surface area contributed by atoms with E-state index < -0.39 is 24.0 Å². The Morgan fingerprint density at radius 3 is 1.53 bits per heavy atom. The summed E-state index contributed by atoms with van der Waals surface area (Å²) in [5.74, 6) is -2.27. The average Bonchev–Trinajstić information content (AvgIpc) is 2.68. The van der Waals surface area contributed by atoms with Crippen molar-refractivity contribution in [1.82, 2.24) is 21.3 Å². The second kappa shape index (κ2) is 15.2. The summed E-state index contributed by atoms with van der Waals surface area (Å²) in [6.07, 6.45) is 9.52. The molecule has 0 aromatic rings. The average molecular weight is 424 g/mol. The summed E-state index contributed by atoms with van der Waals surface area (Å²) in [4.78, 5) is 45.1. The molecule has 1 aliphatic rings. The van der Waals surface area contributed by atoms with Gasteiger partial charge in [-0.3, -0.25) is 9.59 Å². The topological polar surface area (TPSA) is 157 Å². The molecular formula is C20H32N4O6. The maximum atomic E-state index is 12.2. The van der Waals surface area contributed by atoms with Crippen LogP contribution in [0.2, 0.25) is 0 Å². The van der Waals surface area contributed by atoms with Crippen molar-refractivity contribution in [3.63, 3.8) is 0 Å². The first-order chi connectivity index (χ1) is 14.4. The lowest BCUT2D eigenvalue weighted by atomic mass is 10.0. The molecule has 1 heterocycles. The predicted octanol–water partition coefficient (Wildman–Crippen LogP) is -0.229. The summed E-state index contributed by atoms with van der Waals surface area (Å²) in [6.45, 7) is 2.36. The molecule has 0 spiro atoms. The van der Waals surface area contributed by atoms with Crippen LogP contribution in [0, 0.1) is 0 Å². The molecule has 1 rings (SSSR count). The van der Waals surface area contributed by atoms with Crippen molar-refractivity contribution in [1.29, 1.82) is 0 Å². The van der Waals surface area contributed by atoms with Gasteiger partial charge in [-0.2, -0.15) is 0 Å².